The molecule has 0 aliphatic rings. The quantitative estimate of drug-likeness (QED) is 0.350. The number of hydrogen-bond donors (Lipinski definition) is 1. The SMILES string of the molecule is COC(=O)c1c(Nc2c(C#N)cnn2-c2ccccn2)nnc(-c2ccccc2)c1-c1ccccc1. The van der Waals surface area contributed by atoms with Crippen molar-refractivity contribution in [3.05, 3.63) is 102 Å². The highest BCUT2D eigenvalue weighted by atomic mass is 16.5. The summed E-state index contributed by atoms with van der Waals surface area (Å²) in [5.74, 6) is 0.292. The van der Waals surface area contributed by atoms with Crippen LogP contribution in [0.15, 0.2) is 91.3 Å². The number of pyridine rings is 1. The molecule has 0 aliphatic carbocycles. The van der Waals surface area contributed by atoms with E-state index in [1.807, 2.05) is 66.7 Å². The van der Waals surface area contributed by atoms with Gasteiger partial charge in [-0.25, -0.2) is 9.78 Å². The Bertz CT molecular complexity index is 1560. The van der Waals surface area contributed by atoms with Gasteiger partial charge in [-0.2, -0.15) is 15.0 Å². The van der Waals surface area contributed by atoms with Crippen LogP contribution in [0.1, 0.15) is 15.9 Å². The Morgan fingerprint density at radius 2 is 1.64 bits per heavy atom. The number of methoxy groups -OCH3 is 1. The summed E-state index contributed by atoms with van der Waals surface area (Å²) >= 11 is 0. The number of esters is 1. The minimum atomic E-state index is -0.606. The molecule has 0 fully saturated rings. The van der Waals surface area contributed by atoms with Crippen LogP contribution < -0.4 is 5.32 Å². The Morgan fingerprint density at radius 1 is 0.944 bits per heavy atom. The number of carbonyl (C=O) groups is 1. The number of nitrogens with one attached hydrogen (secondary N) is 1. The van der Waals surface area contributed by atoms with Crippen molar-refractivity contribution in [2.75, 3.05) is 12.4 Å². The zero-order valence-electron chi connectivity index (χ0n) is 19.2. The molecule has 0 radical (unpaired) electrons. The van der Waals surface area contributed by atoms with Crippen LogP contribution in [0.3, 0.4) is 0 Å². The van der Waals surface area contributed by atoms with Gasteiger partial charge in [0.05, 0.1) is 13.3 Å². The predicted octanol–water partition coefficient (Wildman–Crippen LogP) is 4.79. The lowest BCUT2D eigenvalue weighted by Crippen LogP contribution is -2.14. The minimum Gasteiger partial charge on any atom is -0.465 e. The van der Waals surface area contributed by atoms with E-state index < -0.39 is 5.97 Å². The summed E-state index contributed by atoms with van der Waals surface area (Å²) in [6.07, 6.45) is 3.04. The highest BCUT2D eigenvalue weighted by molar-refractivity contribution is 6.05. The molecule has 0 saturated carbocycles. The van der Waals surface area contributed by atoms with Gasteiger partial charge in [0.2, 0.25) is 0 Å². The number of hydrogen-bond acceptors (Lipinski definition) is 8. The molecule has 3 aromatic heterocycles. The average Bonchev–Trinajstić information content (AvgIpc) is 3.36. The third kappa shape index (κ3) is 4.15. The highest BCUT2D eigenvalue weighted by Crippen LogP contribution is 2.37. The molecule has 0 bridgehead atoms. The number of rotatable bonds is 6. The standard InChI is InChI=1S/C27H19N7O2/c1-36-27(35)23-22(18-10-4-2-5-11-18)24(19-12-6-3-7-13-19)32-33-25(23)31-26-20(16-28)17-30-34(26)21-14-8-9-15-29-21/h2-15,17H,1H3,(H,31,33). The Hall–Kier alpha value is -5.36. The van der Waals surface area contributed by atoms with Crippen molar-refractivity contribution in [2.24, 2.45) is 0 Å². The van der Waals surface area contributed by atoms with E-state index in [2.05, 4.69) is 31.7 Å². The van der Waals surface area contributed by atoms with Crippen LogP contribution in [0, 0.1) is 11.3 Å². The van der Waals surface area contributed by atoms with Gasteiger partial charge < -0.3 is 10.1 Å². The molecule has 174 valence electrons. The minimum absolute atomic E-state index is 0.120. The molecule has 0 amide bonds. The number of benzene rings is 2. The molecule has 5 rings (SSSR count). The Morgan fingerprint density at radius 3 is 2.28 bits per heavy atom. The molecule has 0 atom stereocenters. The molecule has 5 aromatic rings. The summed E-state index contributed by atoms with van der Waals surface area (Å²) in [4.78, 5) is 17.5. The number of ether oxygens (including phenoxy) is 1. The average molecular weight is 473 g/mol. The zero-order chi connectivity index (χ0) is 24.9. The van der Waals surface area contributed by atoms with Gasteiger partial charge in [-0.3, -0.25) is 0 Å². The maximum atomic E-state index is 13.2. The second-order valence-corrected chi connectivity index (χ2v) is 7.61. The number of aromatic nitrogens is 5. The topological polar surface area (TPSA) is 119 Å². The molecule has 9 nitrogen and oxygen atoms in total. The second-order valence-electron chi connectivity index (χ2n) is 7.61. The number of carbonyl (C=O) groups excluding carboxylic acids is 1. The molecule has 0 unspecified atom stereocenters. The maximum absolute atomic E-state index is 13.2. The van der Waals surface area contributed by atoms with Crippen LogP contribution in [-0.2, 0) is 4.74 Å². The van der Waals surface area contributed by atoms with Crippen molar-refractivity contribution in [3.63, 3.8) is 0 Å². The Balaban J connectivity index is 1.75. The molecule has 0 spiro atoms. The van der Waals surface area contributed by atoms with Gasteiger partial charge in [-0.05, 0) is 17.7 Å². The second kappa shape index (κ2) is 9.87. The van der Waals surface area contributed by atoms with Crippen molar-refractivity contribution in [1.82, 2.24) is 25.0 Å². The molecule has 0 saturated heterocycles. The van der Waals surface area contributed by atoms with Crippen molar-refractivity contribution < 1.29 is 9.53 Å². The normalized spacial score (nSPS) is 10.4. The van der Waals surface area contributed by atoms with Gasteiger partial charge in [0.25, 0.3) is 0 Å². The lowest BCUT2D eigenvalue weighted by Gasteiger charge is -2.17. The van der Waals surface area contributed by atoms with Gasteiger partial charge >= 0.3 is 5.97 Å². The van der Waals surface area contributed by atoms with Crippen LogP contribution in [0.25, 0.3) is 28.2 Å². The smallest absolute Gasteiger partial charge is 0.342 e. The lowest BCUT2D eigenvalue weighted by atomic mass is 9.95. The summed E-state index contributed by atoms with van der Waals surface area (Å²) in [6.45, 7) is 0. The first-order valence-electron chi connectivity index (χ1n) is 11.0. The van der Waals surface area contributed by atoms with E-state index in [1.165, 1.54) is 18.0 Å². The van der Waals surface area contributed by atoms with E-state index in [-0.39, 0.29) is 16.9 Å². The van der Waals surface area contributed by atoms with Crippen molar-refractivity contribution >= 4 is 17.6 Å². The first kappa shape index (κ1) is 22.4. The monoisotopic (exact) mass is 473 g/mol. The molecular formula is C27H19N7O2. The predicted molar refractivity (Wildman–Crippen MR) is 134 cm³/mol. The summed E-state index contributed by atoms with van der Waals surface area (Å²) in [5.41, 5.74) is 3.03. The van der Waals surface area contributed by atoms with E-state index in [0.717, 1.165) is 11.1 Å². The molecule has 0 aliphatic heterocycles. The highest BCUT2D eigenvalue weighted by Gasteiger charge is 2.27. The fourth-order valence-corrected chi connectivity index (χ4v) is 3.82. The number of nitrogens with zero attached hydrogens (tertiary/aromatic N) is 6. The van der Waals surface area contributed by atoms with Gasteiger partial charge in [-0.15, -0.1) is 10.2 Å². The molecule has 3 heterocycles. The van der Waals surface area contributed by atoms with Crippen molar-refractivity contribution in [2.45, 2.75) is 0 Å². The largest absolute Gasteiger partial charge is 0.465 e. The van der Waals surface area contributed by atoms with Crippen LogP contribution in [0.4, 0.5) is 11.6 Å². The first-order valence-corrected chi connectivity index (χ1v) is 11.0. The van der Waals surface area contributed by atoms with Crippen LogP contribution in [0.5, 0.6) is 0 Å². The lowest BCUT2D eigenvalue weighted by molar-refractivity contribution is 0.0602. The first-order chi connectivity index (χ1) is 17.7. The molecule has 2 aromatic carbocycles. The molecule has 36 heavy (non-hydrogen) atoms. The summed E-state index contributed by atoms with van der Waals surface area (Å²) in [5, 5.41) is 26.0. The van der Waals surface area contributed by atoms with Crippen LogP contribution in [-0.4, -0.2) is 38.0 Å². The van der Waals surface area contributed by atoms with E-state index in [4.69, 9.17) is 4.74 Å². The molecular weight excluding hydrogens is 454 g/mol. The molecule has 9 heteroatoms. The summed E-state index contributed by atoms with van der Waals surface area (Å²) < 4.78 is 6.64. The Kier molecular flexibility index (Phi) is 6.15. The maximum Gasteiger partial charge on any atom is 0.342 e. The van der Waals surface area contributed by atoms with Crippen molar-refractivity contribution in [1.29, 1.82) is 5.26 Å². The molecule has 1 N–H and O–H groups in total. The van der Waals surface area contributed by atoms with E-state index in [1.54, 1.807) is 18.3 Å². The number of anilines is 2. The Labute approximate surface area is 206 Å². The third-order valence-electron chi connectivity index (χ3n) is 5.47. The van der Waals surface area contributed by atoms with E-state index >= 15 is 0 Å². The van der Waals surface area contributed by atoms with E-state index in [9.17, 15) is 10.1 Å². The van der Waals surface area contributed by atoms with E-state index in [0.29, 0.717) is 22.9 Å². The zero-order valence-corrected chi connectivity index (χ0v) is 19.2. The third-order valence-corrected chi connectivity index (χ3v) is 5.47. The van der Waals surface area contributed by atoms with Gasteiger partial charge in [-0.1, -0.05) is 66.7 Å². The van der Waals surface area contributed by atoms with Gasteiger partial charge in [0, 0.05) is 17.3 Å². The van der Waals surface area contributed by atoms with Gasteiger partial charge in [0.1, 0.15) is 22.9 Å². The van der Waals surface area contributed by atoms with Crippen molar-refractivity contribution in [3.8, 4) is 34.3 Å². The fraction of sp³-hybridized carbons (Fsp3) is 0.0370. The fourth-order valence-electron chi connectivity index (χ4n) is 3.82. The summed E-state index contributed by atoms with van der Waals surface area (Å²) in [6, 6.07) is 26.3. The number of nitriles is 1. The van der Waals surface area contributed by atoms with Gasteiger partial charge in [0.15, 0.2) is 17.5 Å². The summed E-state index contributed by atoms with van der Waals surface area (Å²) in [7, 11) is 1.31. The van der Waals surface area contributed by atoms with Crippen LogP contribution >= 0.6 is 0 Å². The van der Waals surface area contributed by atoms with Crippen LogP contribution in [0.2, 0.25) is 0 Å².